The summed E-state index contributed by atoms with van der Waals surface area (Å²) in [6, 6.07) is 0. The van der Waals surface area contributed by atoms with E-state index in [-0.39, 0.29) is 28.3 Å². The molecule has 0 heterocycles. The molecule has 4 heteroatoms. The van der Waals surface area contributed by atoms with Crippen molar-refractivity contribution in [1.29, 1.82) is 0 Å². The minimum absolute atomic E-state index is 0.0908. The van der Waals surface area contributed by atoms with Crippen molar-refractivity contribution in [3.63, 3.8) is 0 Å². The molecular weight excluding hydrogens is 288 g/mol. The van der Waals surface area contributed by atoms with Crippen LogP contribution in [0.4, 0.5) is 0 Å². The fourth-order valence-electron chi connectivity index (χ4n) is 6.07. The van der Waals surface area contributed by atoms with Crippen molar-refractivity contribution in [2.75, 3.05) is 26.2 Å². The molecule has 0 radical (unpaired) electrons. The molecule has 2 rings (SSSR count). The van der Waals surface area contributed by atoms with E-state index in [4.69, 9.17) is 10.5 Å². The fourth-order valence-corrected chi connectivity index (χ4v) is 6.07. The van der Waals surface area contributed by atoms with Gasteiger partial charge in [-0.25, -0.2) is 0 Å². The van der Waals surface area contributed by atoms with Gasteiger partial charge >= 0.3 is 5.97 Å². The lowest BCUT2D eigenvalue weighted by molar-refractivity contribution is -0.162. The molecular formula is C19H36N2O2. The van der Waals surface area contributed by atoms with E-state index in [9.17, 15) is 4.79 Å². The van der Waals surface area contributed by atoms with Crippen molar-refractivity contribution in [2.24, 2.45) is 28.4 Å². The van der Waals surface area contributed by atoms with Crippen LogP contribution < -0.4 is 5.73 Å². The monoisotopic (exact) mass is 324 g/mol. The van der Waals surface area contributed by atoms with Gasteiger partial charge in [0.2, 0.25) is 0 Å². The van der Waals surface area contributed by atoms with E-state index in [1.54, 1.807) is 0 Å². The van der Waals surface area contributed by atoms with Crippen molar-refractivity contribution in [3.05, 3.63) is 0 Å². The Balaban J connectivity index is 2.57. The molecule has 2 saturated carbocycles. The lowest BCUT2D eigenvalue weighted by Crippen LogP contribution is -2.66. The van der Waals surface area contributed by atoms with Crippen molar-refractivity contribution in [3.8, 4) is 0 Å². The van der Waals surface area contributed by atoms with Gasteiger partial charge in [-0.05, 0) is 56.0 Å². The summed E-state index contributed by atoms with van der Waals surface area (Å²) < 4.78 is 5.45. The maximum atomic E-state index is 12.8. The van der Waals surface area contributed by atoms with E-state index in [0.717, 1.165) is 19.5 Å². The summed E-state index contributed by atoms with van der Waals surface area (Å²) in [6.45, 7) is 16.2. The van der Waals surface area contributed by atoms with Crippen LogP contribution in [0, 0.1) is 22.7 Å². The van der Waals surface area contributed by atoms with Crippen molar-refractivity contribution in [1.82, 2.24) is 4.90 Å². The highest BCUT2D eigenvalue weighted by atomic mass is 16.5. The summed E-state index contributed by atoms with van der Waals surface area (Å²) in [5, 5.41) is 0. The molecule has 4 atom stereocenters. The summed E-state index contributed by atoms with van der Waals surface area (Å²) in [5.41, 5.74) is 6.31. The van der Waals surface area contributed by atoms with Gasteiger partial charge in [0.15, 0.2) is 0 Å². The number of hydrogen-bond donors (Lipinski definition) is 1. The molecule has 0 amide bonds. The van der Waals surface area contributed by atoms with Gasteiger partial charge in [-0.1, -0.05) is 34.6 Å². The van der Waals surface area contributed by atoms with Gasteiger partial charge in [0.05, 0.1) is 12.5 Å². The predicted molar refractivity (Wildman–Crippen MR) is 94.1 cm³/mol. The molecule has 2 fully saturated rings. The third-order valence-corrected chi connectivity index (χ3v) is 7.66. The molecule has 2 aliphatic carbocycles. The van der Waals surface area contributed by atoms with Crippen LogP contribution in [0.5, 0.6) is 0 Å². The summed E-state index contributed by atoms with van der Waals surface area (Å²) in [7, 11) is 0. The topological polar surface area (TPSA) is 55.6 Å². The Morgan fingerprint density at radius 2 is 1.87 bits per heavy atom. The second kappa shape index (κ2) is 6.36. The van der Waals surface area contributed by atoms with Gasteiger partial charge in [-0.15, -0.1) is 0 Å². The average molecular weight is 325 g/mol. The lowest BCUT2D eigenvalue weighted by atomic mass is 9.57. The van der Waals surface area contributed by atoms with Crippen LogP contribution in [-0.4, -0.2) is 42.6 Å². The Labute approximate surface area is 142 Å². The third-order valence-electron chi connectivity index (χ3n) is 7.66. The Morgan fingerprint density at radius 1 is 1.26 bits per heavy atom. The highest BCUT2D eigenvalue weighted by Crippen LogP contribution is 2.72. The third kappa shape index (κ3) is 2.28. The van der Waals surface area contributed by atoms with Crippen LogP contribution in [0.3, 0.4) is 0 Å². The summed E-state index contributed by atoms with van der Waals surface area (Å²) in [5.74, 6) is 0.319. The Kier molecular flexibility index (Phi) is 5.18. The number of nitrogens with two attached hydrogens (primary N) is 1. The molecule has 4 nitrogen and oxygen atoms in total. The zero-order valence-electron chi connectivity index (χ0n) is 15.9. The van der Waals surface area contributed by atoms with Crippen molar-refractivity contribution >= 4 is 5.97 Å². The molecule has 134 valence electrons. The van der Waals surface area contributed by atoms with Crippen LogP contribution in [0.1, 0.15) is 60.8 Å². The molecule has 2 bridgehead atoms. The first-order valence-corrected chi connectivity index (χ1v) is 9.38. The standard InChI is InChI=1S/C19H36N2O2/c1-7-21(8-2)19(15(13-20)16(22)23-9-3)12-14-10-11-18(19,6)17(14,4)5/h14-15H,7-13,20H2,1-6H3/t14-,15-,18+,19-/m1/s1. The molecule has 0 aromatic heterocycles. The quantitative estimate of drug-likeness (QED) is 0.731. The summed E-state index contributed by atoms with van der Waals surface area (Å²) >= 11 is 0. The average Bonchev–Trinajstić information content (AvgIpc) is 2.82. The van der Waals surface area contributed by atoms with Gasteiger partial charge in [0, 0.05) is 12.1 Å². The first-order chi connectivity index (χ1) is 10.8. The van der Waals surface area contributed by atoms with Crippen LogP contribution in [0.2, 0.25) is 0 Å². The minimum atomic E-state index is -0.239. The number of fused-ring (bicyclic) bond motifs is 2. The normalized spacial score (nSPS) is 36.4. The smallest absolute Gasteiger partial charge is 0.312 e. The fraction of sp³-hybridized carbons (Fsp3) is 0.947. The predicted octanol–water partition coefficient (Wildman–Crippen LogP) is 3.05. The SMILES string of the molecule is CCOC(=O)[C@@H](CN)[C@]1(N(CC)CC)C[C@H]2CC[C@@]1(C)C2(C)C. The Bertz CT molecular complexity index is 447. The van der Waals surface area contributed by atoms with Crippen LogP contribution in [-0.2, 0) is 9.53 Å². The number of nitrogens with zero attached hydrogens (tertiary/aromatic N) is 1. The molecule has 0 unspecified atom stereocenters. The van der Waals surface area contributed by atoms with Gasteiger partial charge in [-0.2, -0.15) is 0 Å². The summed E-state index contributed by atoms with van der Waals surface area (Å²) in [4.78, 5) is 15.3. The highest BCUT2D eigenvalue weighted by molar-refractivity contribution is 5.75. The second-order valence-electron chi connectivity index (χ2n) is 8.13. The Hall–Kier alpha value is -0.610. The Morgan fingerprint density at radius 3 is 2.22 bits per heavy atom. The van der Waals surface area contributed by atoms with Crippen molar-refractivity contribution < 1.29 is 9.53 Å². The van der Waals surface area contributed by atoms with Gasteiger partial charge in [0.1, 0.15) is 0 Å². The number of carbonyl (C=O) groups is 1. The molecule has 23 heavy (non-hydrogen) atoms. The van der Waals surface area contributed by atoms with E-state index in [0.29, 0.717) is 19.1 Å². The molecule has 0 aromatic carbocycles. The number of carbonyl (C=O) groups excluding carboxylic acids is 1. The minimum Gasteiger partial charge on any atom is -0.466 e. The molecule has 0 aliphatic heterocycles. The maximum Gasteiger partial charge on any atom is 0.312 e. The largest absolute Gasteiger partial charge is 0.466 e. The van der Waals surface area contributed by atoms with E-state index < -0.39 is 0 Å². The van der Waals surface area contributed by atoms with E-state index in [2.05, 4.69) is 39.5 Å². The summed E-state index contributed by atoms with van der Waals surface area (Å²) in [6.07, 6.45) is 3.52. The van der Waals surface area contributed by atoms with E-state index >= 15 is 0 Å². The number of hydrogen-bond acceptors (Lipinski definition) is 4. The van der Waals surface area contributed by atoms with Crippen LogP contribution >= 0.6 is 0 Å². The first-order valence-electron chi connectivity index (χ1n) is 9.38. The molecule has 2 aliphatic rings. The lowest BCUT2D eigenvalue weighted by Gasteiger charge is -2.57. The number of esters is 1. The van der Waals surface area contributed by atoms with Crippen molar-refractivity contribution in [2.45, 2.75) is 66.3 Å². The molecule has 0 spiro atoms. The molecule has 2 N–H and O–H groups in total. The maximum absolute atomic E-state index is 12.8. The molecule has 0 aromatic rings. The van der Waals surface area contributed by atoms with E-state index in [1.807, 2.05) is 6.92 Å². The van der Waals surface area contributed by atoms with Gasteiger partial charge in [0.25, 0.3) is 0 Å². The van der Waals surface area contributed by atoms with E-state index in [1.165, 1.54) is 12.8 Å². The zero-order chi connectivity index (χ0) is 17.5. The van der Waals surface area contributed by atoms with Crippen LogP contribution in [0.15, 0.2) is 0 Å². The number of ether oxygens (including phenoxy) is 1. The first kappa shape index (κ1) is 18.7. The second-order valence-corrected chi connectivity index (χ2v) is 8.13. The molecule has 0 saturated heterocycles. The zero-order valence-corrected chi connectivity index (χ0v) is 15.9. The number of rotatable bonds is 7. The van der Waals surface area contributed by atoms with Gasteiger partial charge in [-0.3, -0.25) is 9.69 Å². The highest BCUT2D eigenvalue weighted by Gasteiger charge is 2.72. The van der Waals surface area contributed by atoms with Gasteiger partial charge < -0.3 is 10.5 Å². The van der Waals surface area contributed by atoms with Crippen LogP contribution in [0.25, 0.3) is 0 Å².